The molecule has 1 amide bonds. The fourth-order valence-electron chi connectivity index (χ4n) is 2.33. The Morgan fingerprint density at radius 1 is 1.08 bits per heavy atom. The van der Waals surface area contributed by atoms with Crippen LogP contribution < -0.4 is 15.5 Å². The number of carbonyl (C=O) groups is 1. The van der Waals surface area contributed by atoms with E-state index in [1.54, 1.807) is 6.92 Å². The molecule has 132 valence electrons. The summed E-state index contributed by atoms with van der Waals surface area (Å²) in [5.41, 5.74) is 5.36. The molecule has 0 saturated heterocycles. The lowest BCUT2D eigenvalue weighted by molar-refractivity contribution is -0.121. The van der Waals surface area contributed by atoms with Crippen molar-refractivity contribution in [2.75, 3.05) is 11.9 Å². The molecule has 0 aromatic heterocycles. The Kier molecular flexibility index (Phi) is 7.01. The summed E-state index contributed by atoms with van der Waals surface area (Å²) in [5.74, 6) is 0.626. The number of ether oxygens (including phenoxy) is 1. The topological polar surface area (TPSA) is 62.7 Å². The van der Waals surface area contributed by atoms with E-state index in [1.807, 2.05) is 68.4 Å². The maximum absolute atomic E-state index is 12.3. The fourth-order valence-corrected chi connectivity index (χ4v) is 2.33. The van der Waals surface area contributed by atoms with E-state index in [2.05, 4.69) is 15.8 Å². The second kappa shape index (κ2) is 9.47. The number of hydrogen-bond acceptors (Lipinski definition) is 4. The predicted octanol–water partition coefficient (Wildman–Crippen LogP) is 3.82. The fraction of sp³-hybridized carbons (Fsp3) is 0.300. The summed E-state index contributed by atoms with van der Waals surface area (Å²) in [4.78, 5) is 12.3. The molecule has 0 aliphatic rings. The summed E-state index contributed by atoms with van der Waals surface area (Å²) in [6, 6.07) is 17.0. The van der Waals surface area contributed by atoms with E-state index in [1.165, 1.54) is 0 Å². The van der Waals surface area contributed by atoms with E-state index in [9.17, 15) is 4.79 Å². The van der Waals surface area contributed by atoms with Crippen molar-refractivity contribution >= 4 is 17.3 Å². The quantitative estimate of drug-likeness (QED) is 0.568. The van der Waals surface area contributed by atoms with Gasteiger partial charge in [0.2, 0.25) is 0 Å². The van der Waals surface area contributed by atoms with E-state index >= 15 is 0 Å². The van der Waals surface area contributed by atoms with Gasteiger partial charge in [0.1, 0.15) is 11.8 Å². The van der Waals surface area contributed by atoms with Gasteiger partial charge >= 0.3 is 0 Å². The summed E-state index contributed by atoms with van der Waals surface area (Å²) in [5, 5.41) is 7.43. The molecule has 0 saturated carbocycles. The van der Waals surface area contributed by atoms with Gasteiger partial charge in [-0.25, -0.2) is 5.43 Å². The highest BCUT2D eigenvalue weighted by Crippen LogP contribution is 2.16. The molecule has 0 aliphatic heterocycles. The van der Waals surface area contributed by atoms with E-state index in [0.717, 1.165) is 29.1 Å². The third-order valence-corrected chi connectivity index (χ3v) is 3.68. The second-order valence-electron chi connectivity index (χ2n) is 5.58. The monoisotopic (exact) mass is 339 g/mol. The van der Waals surface area contributed by atoms with Crippen molar-refractivity contribution in [3.63, 3.8) is 0 Å². The number of nitrogens with one attached hydrogen (secondary N) is 2. The number of hydrogen-bond donors (Lipinski definition) is 2. The smallest absolute Gasteiger partial charge is 0.262 e. The van der Waals surface area contributed by atoms with Gasteiger partial charge in [0.05, 0.1) is 12.3 Å². The van der Waals surface area contributed by atoms with E-state index in [-0.39, 0.29) is 5.91 Å². The number of amides is 1. The summed E-state index contributed by atoms with van der Waals surface area (Å²) in [6.07, 6.45) is 0.741. The van der Waals surface area contributed by atoms with Crippen LogP contribution in [0.1, 0.15) is 32.8 Å². The minimum absolute atomic E-state index is 0.184. The molecule has 0 bridgehead atoms. The van der Waals surface area contributed by atoms with Crippen LogP contribution in [0, 0.1) is 0 Å². The summed E-state index contributed by atoms with van der Waals surface area (Å²) in [6.45, 7) is 6.39. The minimum atomic E-state index is -0.407. The van der Waals surface area contributed by atoms with Crippen molar-refractivity contribution in [2.45, 2.75) is 33.2 Å². The molecule has 5 nitrogen and oxygen atoms in total. The molecule has 0 aliphatic carbocycles. The van der Waals surface area contributed by atoms with Crippen LogP contribution in [-0.2, 0) is 4.79 Å². The van der Waals surface area contributed by atoms with Crippen molar-refractivity contribution in [2.24, 2.45) is 5.10 Å². The largest absolute Gasteiger partial charge is 0.494 e. The lowest BCUT2D eigenvalue weighted by Gasteiger charge is -2.14. The molecular formula is C20H25N3O2. The average Bonchev–Trinajstić information content (AvgIpc) is 2.64. The Bertz CT molecular complexity index is 697. The SMILES string of the molecule is CCOc1ccc(N[C@@H](C)C(=O)NN=C(CC)c2ccccc2)cc1. The maximum atomic E-state index is 12.3. The van der Waals surface area contributed by atoms with Crippen molar-refractivity contribution in [3.05, 3.63) is 60.2 Å². The van der Waals surface area contributed by atoms with Gasteiger partial charge in [0.25, 0.3) is 5.91 Å². The van der Waals surface area contributed by atoms with Gasteiger partial charge in [0, 0.05) is 5.69 Å². The standard InChI is InChI=1S/C20H25N3O2/c1-4-19(16-9-7-6-8-10-16)22-23-20(24)15(3)21-17-11-13-18(14-12-17)25-5-2/h6-15,21H,4-5H2,1-3H3,(H,23,24)/t15-/m0/s1. The molecule has 25 heavy (non-hydrogen) atoms. The van der Waals surface area contributed by atoms with Crippen LogP contribution >= 0.6 is 0 Å². The first-order chi connectivity index (χ1) is 12.1. The Balaban J connectivity index is 1.94. The molecule has 0 fully saturated rings. The van der Waals surface area contributed by atoms with Crippen LogP contribution in [0.15, 0.2) is 59.7 Å². The molecular weight excluding hydrogens is 314 g/mol. The molecule has 2 aromatic carbocycles. The van der Waals surface area contributed by atoms with Gasteiger partial charge in [-0.05, 0) is 50.1 Å². The molecule has 5 heteroatoms. The lowest BCUT2D eigenvalue weighted by atomic mass is 10.1. The molecule has 0 heterocycles. The Labute approximate surface area is 149 Å². The van der Waals surface area contributed by atoms with Crippen LogP contribution in [0.5, 0.6) is 5.75 Å². The Morgan fingerprint density at radius 3 is 2.36 bits per heavy atom. The summed E-state index contributed by atoms with van der Waals surface area (Å²) < 4.78 is 5.41. The van der Waals surface area contributed by atoms with Gasteiger partial charge < -0.3 is 10.1 Å². The van der Waals surface area contributed by atoms with Crippen LogP contribution in [0.4, 0.5) is 5.69 Å². The average molecular weight is 339 g/mol. The highest BCUT2D eigenvalue weighted by molar-refractivity contribution is 6.01. The first-order valence-corrected chi connectivity index (χ1v) is 8.55. The molecule has 0 unspecified atom stereocenters. The number of benzene rings is 2. The lowest BCUT2D eigenvalue weighted by Crippen LogP contribution is -2.35. The normalized spacial score (nSPS) is 12.4. The Hall–Kier alpha value is -2.82. The minimum Gasteiger partial charge on any atom is -0.494 e. The van der Waals surface area contributed by atoms with E-state index in [4.69, 9.17) is 4.74 Å². The van der Waals surface area contributed by atoms with Gasteiger partial charge in [-0.3, -0.25) is 4.79 Å². The van der Waals surface area contributed by atoms with Crippen LogP contribution in [0.2, 0.25) is 0 Å². The zero-order chi connectivity index (χ0) is 18.1. The highest BCUT2D eigenvalue weighted by Gasteiger charge is 2.12. The number of anilines is 1. The van der Waals surface area contributed by atoms with Crippen molar-refractivity contribution < 1.29 is 9.53 Å². The predicted molar refractivity (Wildman–Crippen MR) is 102 cm³/mol. The number of carbonyl (C=O) groups excluding carboxylic acids is 1. The number of nitrogens with zero attached hydrogens (tertiary/aromatic N) is 1. The number of hydrazone groups is 1. The van der Waals surface area contributed by atoms with Crippen LogP contribution in [0.3, 0.4) is 0 Å². The zero-order valence-electron chi connectivity index (χ0n) is 15.0. The zero-order valence-corrected chi connectivity index (χ0v) is 15.0. The van der Waals surface area contributed by atoms with Crippen molar-refractivity contribution in [3.8, 4) is 5.75 Å². The van der Waals surface area contributed by atoms with Gasteiger partial charge in [0.15, 0.2) is 0 Å². The molecule has 2 rings (SSSR count). The van der Waals surface area contributed by atoms with E-state index in [0.29, 0.717) is 6.61 Å². The first kappa shape index (κ1) is 18.5. The summed E-state index contributed by atoms with van der Waals surface area (Å²) in [7, 11) is 0. The number of rotatable bonds is 8. The van der Waals surface area contributed by atoms with E-state index < -0.39 is 6.04 Å². The molecule has 2 aromatic rings. The summed E-state index contributed by atoms with van der Waals surface area (Å²) >= 11 is 0. The van der Waals surface area contributed by atoms with Crippen LogP contribution in [0.25, 0.3) is 0 Å². The van der Waals surface area contributed by atoms with Gasteiger partial charge in [-0.1, -0.05) is 37.3 Å². The molecule has 0 radical (unpaired) electrons. The van der Waals surface area contributed by atoms with Crippen molar-refractivity contribution in [1.82, 2.24) is 5.43 Å². The maximum Gasteiger partial charge on any atom is 0.262 e. The Morgan fingerprint density at radius 2 is 1.76 bits per heavy atom. The van der Waals surface area contributed by atoms with Gasteiger partial charge in [-0.15, -0.1) is 0 Å². The molecule has 0 spiro atoms. The van der Waals surface area contributed by atoms with Crippen LogP contribution in [-0.4, -0.2) is 24.3 Å². The molecule has 1 atom stereocenters. The first-order valence-electron chi connectivity index (χ1n) is 8.55. The third kappa shape index (κ3) is 5.64. The highest BCUT2D eigenvalue weighted by atomic mass is 16.5. The third-order valence-electron chi connectivity index (χ3n) is 3.68. The van der Waals surface area contributed by atoms with Crippen molar-refractivity contribution in [1.29, 1.82) is 0 Å². The molecule has 2 N–H and O–H groups in total. The van der Waals surface area contributed by atoms with Gasteiger partial charge in [-0.2, -0.15) is 5.10 Å². The second-order valence-corrected chi connectivity index (χ2v) is 5.58.